The molecule has 25 heavy (non-hydrogen) atoms. The summed E-state index contributed by atoms with van der Waals surface area (Å²) in [5.41, 5.74) is 5.61. The van der Waals surface area contributed by atoms with Crippen LogP contribution in [0, 0.1) is 0 Å². The minimum Gasteiger partial charge on any atom is -0.492 e. The third-order valence-corrected chi connectivity index (χ3v) is 3.54. The van der Waals surface area contributed by atoms with Gasteiger partial charge in [0.2, 0.25) is 5.91 Å². The van der Waals surface area contributed by atoms with E-state index < -0.39 is 12.0 Å². The van der Waals surface area contributed by atoms with Gasteiger partial charge < -0.3 is 25.6 Å². The highest BCUT2D eigenvalue weighted by Crippen LogP contribution is 2.17. The topological polar surface area (TPSA) is 93.8 Å². The molecule has 0 spiro atoms. The molecule has 0 saturated carbocycles. The van der Waals surface area contributed by atoms with Gasteiger partial charge in [-0.05, 0) is 42.5 Å². The average Bonchev–Trinajstić information content (AvgIpc) is 2.60. The summed E-state index contributed by atoms with van der Waals surface area (Å²) in [6.45, 7) is 1.54. The average molecular weight is 365 g/mol. The molecule has 1 amide bonds. The molecule has 4 N–H and O–H groups in total. The Morgan fingerprint density at radius 2 is 1.92 bits per heavy atom. The van der Waals surface area contributed by atoms with Crippen LogP contribution in [0.2, 0.25) is 5.02 Å². The monoisotopic (exact) mass is 364 g/mol. The highest BCUT2D eigenvalue weighted by atomic mass is 35.5. The van der Waals surface area contributed by atoms with Gasteiger partial charge in [-0.15, -0.1) is 0 Å². The van der Waals surface area contributed by atoms with Crippen LogP contribution in [-0.2, 0) is 0 Å². The molecule has 2 rings (SSSR count). The van der Waals surface area contributed by atoms with Crippen LogP contribution in [0.1, 0.15) is 10.4 Å². The van der Waals surface area contributed by atoms with E-state index in [4.69, 9.17) is 26.8 Å². The van der Waals surface area contributed by atoms with E-state index in [1.807, 2.05) is 0 Å². The second-order valence-corrected chi connectivity index (χ2v) is 5.80. The Balaban J connectivity index is 1.58. The number of nitrogens with one attached hydrogen (secondary N) is 1. The number of carbonyl (C=O) groups excluding carboxylic acids is 1. The van der Waals surface area contributed by atoms with E-state index in [-0.39, 0.29) is 6.61 Å². The predicted octanol–water partition coefficient (Wildman–Crippen LogP) is 1.85. The standard InChI is InChI=1S/C18H21ClN2O4/c19-14-2-1-3-17(10-14)25-12-15(22)11-21-8-9-24-16-6-4-13(5-7-16)18(20)23/h1-7,10,15,21-22H,8-9,11-12H2,(H2,20,23)/t15-/m0/s1. The van der Waals surface area contributed by atoms with Crippen LogP contribution in [0.4, 0.5) is 0 Å². The van der Waals surface area contributed by atoms with Gasteiger partial charge in [0.1, 0.15) is 30.8 Å². The predicted molar refractivity (Wildman–Crippen MR) is 96.3 cm³/mol. The van der Waals surface area contributed by atoms with Gasteiger partial charge in [0.05, 0.1) is 0 Å². The maximum absolute atomic E-state index is 11.0. The molecule has 2 aromatic rings. The van der Waals surface area contributed by atoms with Crippen molar-refractivity contribution in [2.75, 3.05) is 26.3 Å². The fraction of sp³-hybridized carbons (Fsp3) is 0.278. The van der Waals surface area contributed by atoms with Crippen molar-refractivity contribution in [2.45, 2.75) is 6.10 Å². The molecule has 0 bridgehead atoms. The Kier molecular flexibility index (Phi) is 7.53. The molecule has 0 fully saturated rings. The number of halogens is 1. The molecule has 0 unspecified atom stereocenters. The van der Waals surface area contributed by atoms with Gasteiger partial charge in [-0.25, -0.2) is 0 Å². The highest BCUT2D eigenvalue weighted by Gasteiger charge is 2.05. The van der Waals surface area contributed by atoms with E-state index in [9.17, 15) is 9.90 Å². The molecule has 1 atom stereocenters. The van der Waals surface area contributed by atoms with Gasteiger partial charge in [-0.3, -0.25) is 4.79 Å². The maximum Gasteiger partial charge on any atom is 0.248 e. The lowest BCUT2D eigenvalue weighted by molar-refractivity contribution is 0.1000. The van der Waals surface area contributed by atoms with E-state index in [1.165, 1.54) is 0 Å². The molecular weight excluding hydrogens is 344 g/mol. The summed E-state index contributed by atoms with van der Waals surface area (Å²) in [4.78, 5) is 11.0. The number of amides is 1. The lowest BCUT2D eigenvalue weighted by atomic mass is 10.2. The minimum atomic E-state index is -0.645. The van der Waals surface area contributed by atoms with Crippen LogP contribution in [0.5, 0.6) is 11.5 Å². The number of ether oxygens (including phenoxy) is 2. The van der Waals surface area contributed by atoms with Gasteiger partial charge in [-0.2, -0.15) is 0 Å². The number of benzene rings is 2. The smallest absolute Gasteiger partial charge is 0.248 e. The van der Waals surface area contributed by atoms with Crippen molar-refractivity contribution < 1.29 is 19.4 Å². The number of aliphatic hydroxyl groups excluding tert-OH is 1. The van der Waals surface area contributed by atoms with Gasteiger partial charge >= 0.3 is 0 Å². The normalized spacial score (nSPS) is 11.8. The number of hydrogen-bond acceptors (Lipinski definition) is 5. The van der Waals surface area contributed by atoms with Crippen LogP contribution < -0.4 is 20.5 Å². The fourth-order valence-electron chi connectivity index (χ4n) is 2.03. The summed E-state index contributed by atoms with van der Waals surface area (Å²) in [5, 5.41) is 13.5. The third-order valence-electron chi connectivity index (χ3n) is 3.30. The summed E-state index contributed by atoms with van der Waals surface area (Å²) in [7, 11) is 0. The van der Waals surface area contributed by atoms with Gasteiger partial charge in [0.15, 0.2) is 0 Å². The van der Waals surface area contributed by atoms with Gasteiger partial charge in [-0.1, -0.05) is 17.7 Å². The largest absolute Gasteiger partial charge is 0.492 e. The first-order valence-electron chi connectivity index (χ1n) is 7.84. The zero-order valence-corrected chi connectivity index (χ0v) is 14.4. The second-order valence-electron chi connectivity index (χ2n) is 5.36. The summed E-state index contributed by atoms with van der Waals surface area (Å²) in [5.74, 6) is 0.799. The molecule has 0 aliphatic heterocycles. The maximum atomic E-state index is 11.0. The molecule has 0 heterocycles. The van der Waals surface area contributed by atoms with Crippen molar-refractivity contribution in [1.82, 2.24) is 5.32 Å². The number of carbonyl (C=O) groups is 1. The molecule has 2 aromatic carbocycles. The molecule has 0 aromatic heterocycles. The number of primary amides is 1. The van der Waals surface area contributed by atoms with Crippen molar-refractivity contribution in [3.8, 4) is 11.5 Å². The first kappa shape index (κ1) is 19.1. The lowest BCUT2D eigenvalue weighted by Crippen LogP contribution is -2.33. The molecular formula is C18H21ClN2O4. The van der Waals surface area contributed by atoms with Crippen LogP contribution in [0.3, 0.4) is 0 Å². The summed E-state index contributed by atoms with van der Waals surface area (Å²) in [6, 6.07) is 13.6. The Morgan fingerprint density at radius 1 is 1.16 bits per heavy atom. The van der Waals surface area contributed by atoms with E-state index in [0.717, 1.165) is 0 Å². The first-order valence-corrected chi connectivity index (χ1v) is 8.22. The SMILES string of the molecule is NC(=O)c1ccc(OCCNC[C@H](O)COc2cccc(Cl)c2)cc1. The summed E-state index contributed by atoms with van der Waals surface area (Å²) >= 11 is 5.86. The van der Waals surface area contributed by atoms with Crippen LogP contribution >= 0.6 is 11.6 Å². The Hall–Kier alpha value is -2.28. The zero-order valence-electron chi connectivity index (χ0n) is 13.7. The number of rotatable bonds is 10. The lowest BCUT2D eigenvalue weighted by Gasteiger charge is -2.14. The van der Waals surface area contributed by atoms with Crippen molar-refractivity contribution >= 4 is 17.5 Å². The van der Waals surface area contributed by atoms with Gasteiger partial charge in [0, 0.05) is 23.7 Å². The fourth-order valence-corrected chi connectivity index (χ4v) is 2.21. The summed E-state index contributed by atoms with van der Waals surface area (Å²) < 4.78 is 11.0. The third kappa shape index (κ3) is 7.01. The summed E-state index contributed by atoms with van der Waals surface area (Å²) in [6.07, 6.45) is -0.645. The molecule has 0 aliphatic rings. The van der Waals surface area contributed by atoms with Crippen molar-refractivity contribution in [2.24, 2.45) is 5.73 Å². The van der Waals surface area contributed by atoms with E-state index in [1.54, 1.807) is 48.5 Å². The molecule has 7 heteroatoms. The Bertz CT molecular complexity index is 679. The Morgan fingerprint density at radius 3 is 2.60 bits per heavy atom. The highest BCUT2D eigenvalue weighted by molar-refractivity contribution is 6.30. The number of hydrogen-bond donors (Lipinski definition) is 3. The second kappa shape index (κ2) is 9.88. The molecule has 6 nitrogen and oxygen atoms in total. The molecule has 0 radical (unpaired) electrons. The minimum absolute atomic E-state index is 0.169. The van der Waals surface area contributed by atoms with Crippen molar-refractivity contribution in [3.05, 3.63) is 59.1 Å². The molecule has 0 aliphatic carbocycles. The van der Waals surface area contributed by atoms with E-state index >= 15 is 0 Å². The quantitative estimate of drug-likeness (QED) is 0.559. The van der Waals surface area contributed by atoms with Crippen LogP contribution in [-0.4, -0.2) is 43.4 Å². The molecule has 0 saturated heterocycles. The van der Waals surface area contributed by atoms with Gasteiger partial charge in [0.25, 0.3) is 0 Å². The Labute approximate surface area is 151 Å². The molecule has 134 valence electrons. The van der Waals surface area contributed by atoms with Crippen molar-refractivity contribution in [3.63, 3.8) is 0 Å². The van der Waals surface area contributed by atoms with Crippen LogP contribution in [0.15, 0.2) is 48.5 Å². The number of aliphatic hydroxyl groups is 1. The van der Waals surface area contributed by atoms with Crippen molar-refractivity contribution in [1.29, 1.82) is 0 Å². The van der Waals surface area contributed by atoms with E-state index in [0.29, 0.717) is 41.8 Å². The number of nitrogens with two attached hydrogens (primary N) is 1. The van der Waals surface area contributed by atoms with Crippen LogP contribution in [0.25, 0.3) is 0 Å². The first-order chi connectivity index (χ1) is 12.0. The zero-order chi connectivity index (χ0) is 18.1. The van der Waals surface area contributed by atoms with E-state index in [2.05, 4.69) is 5.32 Å².